The summed E-state index contributed by atoms with van der Waals surface area (Å²) in [4.78, 5) is 36.6. The molecule has 190 valence electrons. The molecule has 4 rings (SSSR count). The first-order valence-electron chi connectivity index (χ1n) is 11.1. The lowest BCUT2D eigenvalue weighted by Crippen LogP contribution is -2.40. The third kappa shape index (κ3) is 6.17. The van der Waals surface area contributed by atoms with E-state index in [0.717, 1.165) is 11.1 Å². The number of carbonyl (C=O) groups excluding carboxylic acids is 3. The molecule has 2 unspecified atom stereocenters. The summed E-state index contributed by atoms with van der Waals surface area (Å²) in [5.41, 5.74) is 0.712. The third-order valence-electron chi connectivity index (χ3n) is 5.68. The van der Waals surface area contributed by atoms with Gasteiger partial charge in [0.15, 0.2) is 5.83 Å². The minimum Gasteiger partial charge on any atom is -0.459 e. The summed E-state index contributed by atoms with van der Waals surface area (Å²) < 4.78 is 54.6. The fraction of sp³-hybridized carbons (Fsp3) is 0.500. The maximum absolute atomic E-state index is 13.8. The van der Waals surface area contributed by atoms with Gasteiger partial charge in [-0.25, -0.2) is 8.96 Å². The number of rotatable bonds is 7. The molecule has 5 atom stereocenters. The number of benzene rings is 1. The normalized spacial score (nSPS) is 31.4. The number of carbonyl (C=O) groups is 3. The van der Waals surface area contributed by atoms with Gasteiger partial charge < -0.3 is 9.47 Å². The van der Waals surface area contributed by atoms with E-state index in [9.17, 15) is 23.3 Å². The van der Waals surface area contributed by atoms with Crippen LogP contribution >= 0.6 is 19.4 Å². The second-order valence-electron chi connectivity index (χ2n) is 8.14. The second kappa shape index (κ2) is 10.9. The molecule has 0 bridgehead atoms. The van der Waals surface area contributed by atoms with E-state index in [1.165, 1.54) is 0 Å². The van der Waals surface area contributed by atoms with Crippen molar-refractivity contribution in [3.05, 3.63) is 46.9 Å². The summed E-state index contributed by atoms with van der Waals surface area (Å²) >= 11 is 6.04. The lowest BCUT2D eigenvalue weighted by atomic mass is 10.1. The van der Waals surface area contributed by atoms with Crippen LogP contribution in [0.15, 0.2) is 36.3 Å². The summed E-state index contributed by atoms with van der Waals surface area (Å²) in [5.74, 6) is -3.17. The van der Waals surface area contributed by atoms with Gasteiger partial charge in [0, 0.05) is 30.5 Å². The Morgan fingerprint density at radius 1 is 1.34 bits per heavy atom. The summed E-state index contributed by atoms with van der Waals surface area (Å²) in [6, 6.07) is 6.92. The van der Waals surface area contributed by atoms with Crippen LogP contribution in [0.2, 0.25) is 5.02 Å². The molecule has 10 nitrogen and oxygen atoms in total. The number of hydrogen-bond acceptors (Lipinski definition) is 9. The van der Waals surface area contributed by atoms with Crippen LogP contribution in [0.5, 0.6) is 0 Å². The van der Waals surface area contributed by atoms with Crippen molar-refractivity contribution in [3.8, 4) is 0 Å². The van der Waals surface area contributed by atoms with Gasteiger partial charge in [-0.05, 0) is 17.7 Å². The van der Waals surface area contributed by atoms with E-state index in [0.29, 0.717) is 17.0 Å². The first-order valence-corrected chi connectivity index (χ1v) is 12.9. The van der Waals surface area contributed by atoms with Gasteiger partial charge in [-0.3, -0.25) is 32.9 Å². The van der Waals surface area contributed by atoms with Gasteiger partial charge in [0.05, 0.1) is 25.7 Å². The van der Waals surface area contributed by atoms with Crippen LogP contribution < -0.4 is 0 Å². The molecule has 0 radical (unpaired) electrons. The number of amides is 1. The summed E-state index contributed by atoms with van der Waals surface area (Å²) in [6.07, 6.45) is -2.77. The predicted octanol–water partition coefficient (Wildman–Crippen LogP) is 3.99. The molecule has 3 heterocycles. The number of esters is 1. The zero-order valence-corrected chi connectivity index (χ0v) is 20.4. The Labute approximate surface area is 205 Å². The maximum Gasteiger partial charge on any atom is 0.475 e. The van der Waals surface area contributed by atoms with E-state index in [-0.39, 0.29) is 26.1 Å². The molecule has 0 saturated carbocycles. The number of Topliss-reactive ketones (excluding diaryl/α,β-unsaturated/α-hetero) is 1. The Morgan fingerprint density at radius 3 is 2.89 bits per heavy atom. The van der Waals surface area contributed by atoms with E-state index >= 15 is 0 Å². The zero-order chi connectivity index (χ0) is 25.2. The van der Waals surface area contributed by atoms with E-state index < -0.39 is 62.3 Å². The molecular formula is C22H24ClFNO9P. The molecular weight excluding hydrogens is 508 g/mol. The molecule has 0 spiro atoms. The van der Waals surface area contributed by atoms with Crippen molar-refractivity contribution >= 4 is 37.1 Å². The van der Waals surface area contributed by atoms with E-state index in [2.05, 4.69) is 0 Å². The monoisotopic (exact) mass is 531 g/mol. The summed E-state index contributed by atoms with van der Waals surface area (Å²) in [7, 11) is -4.01. The van der Waals surface area contributed by atoms with Crippen LogP contribution in [-0.4, -0.2) is 54.2 Å². The van der Waals surface area contributed by atoms with Crippen molar-refractivity contribution in [1.82, 2.24) is 4.90 Å². The number of halogens is 2. The Hall–Kier alpha value is -2.14. The van der Waals surface area contributed by atoms with Gasteiger partial charge in [-0.2, -0.15) is 0 Å². The number of nitrogens with zero attached hydrogens (tertiary/aromatic N) is 1. The summed E-state index contributed by atoms with van der Waals surface area (Å²) in [6.45, 7) is 1.36. The number of ketones is 1. The zero-order valence-electron chi connectivity index (χ0n) is 18.8. The van der Waals surface area contributed by atoms with Crippen molar-refractivity contribution < 1.29 is 46.4 Å². The molecule has 3 aliphatic rings. The van der Waals surface area contributed by atoms with Crippen LogP contribution in [0.3, 0.4) is 0 Å². The highest BCUT2D eigenvalue weighted by Crippen LogP contribution is 2.57. The van der Waals surface area contributed by atoms with Crippen molar-refractivity contribution in [1.29, 1.82) is 0 Å². The standard InChI is InChI=1S/C22H24ClFNO9P/c1-2-22(28)33-18-10-21(25-11-15(24)16(26)9-20(25)27)32-19(18)12-31-35(29)30-7-6-17(34-35)13-4-3-5-14(23)8-13/h3-5,8,11,17-19,21H,2,6-7,9-10,12H2,1H3/t17?,18-,19+,21+,35?/m0/s1. The minimum atomic E-state index is -4.01. The number of phosphoric ester groups is 1. The van der Waals surface area contributed by atoms with Gasteiger partial charge in [-0.15, -0.1) is 0 Å². The second-order valence-corrected chi connectivity index (χ2v) is 10.2. The highest BCUT2D eigenvalue weighted by atomic mass is 35.5. The van der Waals surface area contributed by atoms with Crippen molar-refractivity contribution in [2.24, 2.45) is 0 Å². The van der Waals surface area contributed by atoms with Crippen molar-refractivity contribution in [3.63, 3.8) is 0 Å². The highest BCUT2D eigenvalue weighted by molar-refractivity contribution is 7.48. The molecule has 0 N–H and O–H groups in total. The molecule has 2 saturated heterocycles. The van der Waals surface area contributed by atoms with Crippen molar-refractivity contribution in [2.75, 3.05) is 13.2 Å². The lowest BCUT2D eigenvalue weighted by Gasteiger charge is -2.30. The Balaban J connectivity index is 1.45. The highest BCUT2D eigenvalue weighted by Gasteiger charge is 2.45. The van der Waals surface area contributed by atoms with Gasteiger partial charge in [-0.1, -0.05) is 30.7 Å². The predicted molar refractivity (Wildman–Crippen MR) is 119 cm³/mol. The van der Waals surface area contributed by atoms with Gasteiger partial charge in [0.1, 0.15) is 18.4 Å². The number of hydrogen-bond donors (Lipinski definition) is 0. The van der Waals surface area contributed by atoms with Gasteiger partial charge in [0.2, 0.25) is 11.7 Å². The molecule has 1 aromatic rings. The molecule has 3 aliphatic heterocycles. The average Bonchev–Trinajstić information content (AvgIpc) is 3.22. The molecule has 0 aliphatic carbocycles. The minimum absolute atomic E-state index is 0.000627. The topological polar surface area (TPSA) is 118 Å². The van der Waals surface area contributed by atoms with E-state index in [4.69, 9.17) is 34.6 Å². The number of phosphoric acid groups is 1. The first kappa shape index (κ1) is 25.9. The van der Waals surface area contributed by atoms with Gasteiger partial charge in [0.25, 0.3) is 0 Å². The molecule has 13 heteroatoms. The van der Waals surface area contributed by atoms with Crippen LogP contribution in [0, 0.1) is 0 Å². The molecule has 1 amide bonds. The molecule has 1 aromatic carbocycles. The molecule has 0 aromatic heterocycles. The molecule has 2 fully saturated rings. The quantitative estimate of drug-likeness (QED) is 0.292. The summed E-state index contributed by atoms with van der Waals surface area (Å²) in [5, 5.41) is 0.499. The van der Waals surface area contributed by atoms with Crippen LogP contribution in [0.4, 0.5) is 4.39 Å². The largest absolute Gasteiger partial charge is 0.475 e. The average molecular weight is 532 g/mol. The molecule has 35 heavy (non-hydrogen) atoms. The third-order valence-corrected chi connectivity index (χ3v) is 7.40. The first-order chi connectivity index (χ1) is 16.7. The van der Waals surface area contributed by atoms with Gasteiger partial charge >= 0.3 is 13.8 Å². The van der Waals surface area contributed by atoms with Crippen LogP contribution in [0.1, 0.15) is 44.3 Å². The van der Waals surface area contributed by atoms with Crippen LogP contribution in [-0.2, 0) is 42.0 Å². The fourth-order valence-electron chi connectivity index (χ4n) is 3.90. The SMILES string of the molecule is CCC(=O)O[C@H]1C[C@H](N2C=C(F)C(=O)CC2=O)O[C@@H]1COP1(=O)OCCC(c2cccc(Cl)c2)O1. The smallest absolute Gasteiger partial charge is 0.459 e. The lowest BCUT2D eigenvalue weighted by molar-refractivity contribution is -0.154. The van der Waals surface area contributed by atoms with Crippen LogP contribution in [0.25, 0.3) is 0 Å². The Kier molecular flexibility index (Phi) is 8.05. The Morgan fingerprint density at radius 2 is 2.14 bits per heavy atom. The Bertz CT molecular complexity index is 1080. The van der Waals surface area contributed by atoms with Crippen molar-refractivity contribution in [2.45, 2.75) is 57.1 Å². The number of allylic oxidation sites excluding steroid dienone is 1. The maximum atomic E-state index is 13.8. The van der Waals surface area contributed by atoms with E-state index in [1.807, 2.05) is 0 Å². The number of ether oxygens (including phenoxy) is 2. The van der Waals surface area contributed by atoms with E-state index in [1.54, 1.807) is 31.2 Å². The fourth-order valence-corrected chi connectivity index (χ4v) is 5.49.